The van der Waals surface area contributed by atoms with Crippen LogP contribution >= 0.6 is 0 Å². The monoisotopic (exact) mass is 231 g/mol. The predicted molar refractivity (Wildman–Crippen MR) is 65.2 cm³/mol. The normalized spacial score (nSPS) is 26.8. The van der Waals surface area contributed by atoms with Crippen LogP contribution in [-0.2, 0) is 11.2 Å². The number of benzene rings is 1. The quantitative estimate of drug-likeness (QED) is 0.801. The summed E-state index contributed by atoms with van der Waals surface area (Å²) < 4.78 is 5.28. The summed E-state index contributed by atoms with van der Waals surface area (Å²) in [7, 11) is 1.70. The topological polar surface area (TPSA) is 38.3 Å². The van der Waals surface area contributed by atoms with Crippen LogP contribution < -0.4 is 10.1 Å². The zero-order valence-electron chi connectivity index (χ0n) is 10.0. The molecular weight excluding hydrogens is 214 g/mol. The van der Waals surface area contributed by atoms with Crippen LogP contribution in [0, 0.1) is 5.92 Å². The molecule has 1 aromatic rings. The van der Waals surface area contributed by atoms with E-state index >= 15 is 0 Å². The fourth-order valence-electron chi connectivity index (χ4n) is 3.11. The average molecular weight is 231 g/mol. The number of amides is 1. The highest BCUT2D eigenvalue weighted by atomic mass is 16.5. The van der Waals surface area contributed by atoms with Crippen LogP contribution in [0.3, 0.4) is 0 Å². The van der Waals surface area contributed by atoms with E-state index in [1.807, 2.05) is 6.07 Å². The molecule has 3 rings (SSSR count). The maximum atomic E-state index is 11.6. The van der Waals surface area contributed by atoms with Crippen molar-refractivity contribution in [2.75, 3.05) is 13.7 Å². The van der Waals surface area contributed by atoms with Crippen molar-refractivity contribution in [3.05, 3.63) is 29.3 Å². The number of nitrogens with one attached hydrogen (secondary N) is 1. The summed E-state index contributed by atoms with van der Waals surface area (Å²) in [6.07, 6.45) is 2.84. The van der Waals surface area contributed by atoms with Crippen LogP contribution in [0.25, 0.3) is 0 Å². The fraction of sp³-hybridized carbons (Fsp3) is 0.500. The van der Waals surface area contributed by atoms with Gasteiger partial charge < -0.3 is 10.1 Å². The van der Waals surface area contributed by atoms with E-state index in [-0.39, 0.29) is 5.91 Å². The Morgan fingerprint density at radius 2 is 2.24 bits per heavy atom. The van der Waals surface area contributed by atoms with E-state index in [1.54, 1.807) is 7.11 Å². The molecule has 0 saturated carbocycles. The molecule has 2 atom stereocenters. The summed E-state index contributed by atoms with van der Waals surface area (Å²) in [5.41, 5.74) is 2.76. The smallest absolute Gasteiger partial charge is 0.220 e. The van der Waals surface area contributed by atoms with Gasteiger partial charge in [0.1, 0.15) is 5.75 Å². The third-order valence-corrected chi connectivity index (χ3v) is 3.94. The van der Waals surface area contributed by atoms with Crippen molar-refractivity contribution >= 4 is 5.91 Å². The van der Waals surface area contributed by atoms with Gasteiger partial charge in [0.25, 0.3) is 0 Å². The fourth-order valence-corrected chi connectivity index (χ4v) is 3.11. The lowest BCUT2D eigenvalue weighted by molar-refractivity contribution is -0.121. The average Bonchev–Trinajstić information content (AvgIpc) is 2.49. The van der Waals surface area contributed by atoms with Gasteiger partial charge in [-0.05, 0) is 42.0 Å². The molecule has 3 heteroatoms. The Morgan fingerprint density at radius 3 is 3.06 bits per heavy atom. The van der Waals surface area contributed by atoms with Crippen molar-refractivity contribution in [3.8, 4) is 5.75 Å². The molecule has 1 heterocycles. The number of rotatable bonds is 1. The van der Waals surface area contributed by atoms with E-state index in [2.05, 4.69) is 17.4 Å². The minimum atomic E-state index is 0.206. The van der Waals surface area contributed by atoms with Crippen molar-refractivity contribution < 1.29 is 9.53 Å². The number of hydrogen-bond donors (Lipinski definition) is 1. The van der Waals surface area contributed by atoms with Crippen LogP contribution in [0.4, 0.5) is 0 Å². The molecule has 1 amide bonds. The van der Waals surface area contributed by atoms with Gasteiger partial charge in [-0.2, -0.15) is 0 Å². The van der Waals surface area contributed by atoms with Crippen LogP contribution in [0.5, 0.6) is 5.75 Å². The predicted octanol–water partition coefficient (Wildman–Crippen LogP) is 1.86. The Morgan fingerprint density at radius 1 is 1.35 bits per heavy atom. The van der Waals surface area contributed by atoms with E-state index in [4.69, 9.17) is 4.74 Å². The first-order valence-electron chi connectivity index (χ1n) is 6.20. The molecule has 1 N–H and O–H groups in total. The van der Waals surface area contributed by atoms with Crippen LogP contribution in [0.2, 0.25) is 0 Å². The number of hydrogen-bond acceptors (Lipinski definition) is 2. The molecule has 0 unspecified atom stereocenters. The van der Waals surface area contributed by atoms with Gasteiger partial charge >= 0.3 is 0 Å². The molecule has 3 nitrogen and oxygen atoms in total. The third-order valence-electron chi connectivity index (χ3n) is 3.94. The summed E-state index contributed by atoms with van der Waals surface area (Å²) in [6, 6.07) is 6.31. The van der Waals surface area contributed by atoms with Crippen LogP contribution in [0.15, 0.2) is 18.2 Å². The standard InChI is InChI=1S/C14H17NO2/c1-17-12-3-2-10-4-9-5-11(13(10)7-12)8-15-14(16)6-9/h2-3,7,9,11H,4-6,8H2,1H3,(H,15,16)/t9-,11+/m0/s1. The maximum Gasteiger partial charge on any atom is 0.220 e. The van der Waals surface area contributed by atoms with Crippen molar-refractivity contribution in [3.63, 3.8) is 0 Å². The van der Waals surface area contributed by atoms with E-state index in [9.17, 15) is 4.79 Å². The minimum Gasteiger partial charge on any atom is -0.497 e. The lowest BCUT2D eigenvalue weighted by atomic mass is 9.76. The number of carbonyl (C=O) groups excluding carboxylic acids is 1. The first kappa shape index (κ1) is 10.6. The highest BCUT2D eigenvalue weighted by molar-refractivity contribution is 5.76. The molecule has 0 radical (unpaired) electrons. The SMILES string of the molecule is COc1ccc2c(c1)[C@H]1CNC(=O)C[C@@H](C2)C1. The van der Waals surface area contributed by atoms with Gasteiger partial charge in [0, 0.05) is 18.9 Å². The third kappa shape index (κ3) is 1.90. The molecule has 1 fully saturated rings. The molecule has 17 heavy (non-hydrogen) atoms. The summed E-state index contributed by atoms with van der Waals surface area (Å²) in [5.74, 6) is 2.10. The minimum absolute atomic E-state index is 0.206. The Hall–Kier alpha value is -1.51. The van der Waals surface area contributed by atoms with Crippen LogP contribution in [-0.4, -0.2) is 19.6 Å². The van der Waals surface area contributed by atoms with E-state index < -0.39 is 0 Å². The van der Waals surface area contributed by atoms with Gasteiger partial charge in [-0.25, -0.2) is 0 Å². The number of methoxy groups -OCH3 is 1. The maximum absolute atomic E-state index is 11.6. The first-order valence-corrected chi connectivity index (χ1v) is 6.20. The van der Waals surface area contributed by atoms with E-state index in [0.717, 1.165) is 25.1 Å². The zero-order valence-corrected chi connectivity index (χ0v) is 10.0. The summed E-state index contributed by atoms with van der Waals surface area (Å²) in [6.45, 7) is 0.773. The first-order chi connectivity index (χ1) is 8.26. The molecule has 1 aliphatic heterocycles. The Balaban J connectivity index is 1.99. The van der Waals surface area contributed by atoms with Crippen molar-refractivity contribution in [2.24, 2.45) is 5.92 Å². The second-order valence-corrected chi connectivity index (χ2v) is 5.08. The second kappa shape index (κ2) is 4.06. The number of ether oxygens (including phenoxy) is 1. The van der Waals surface area contributed by atoms with Gasteiger partial charge in [0.05, 0.1) is 7.11 Å². The largest absolute Gasteiger partial charge is 0.497 e. The molecular formula is C14H17NO2. The summed E-state index contributed by atoms with van der Waals surface area (Å²) in [5, 5.41) is 3.01. The number of fused-ring (bicyclic) bond motifs is 4. The molecule has 1 aliphatic carbocycles. The highest BCUT2D eigenvalue weighted by Gasteiger charge is 2.31. The molecule has 0 aromatic heterocycles. The molecule has 2 aliphatic rings. The molecule has 0 spiro atoms. The second-order valence-electron chi connectivity index (χ2n) is 5.08. The Bertz CT molecular complexity index is 456. The molecule has 2 bridgehead atoms. The summed E-state index contributed by atoms with van der Waals surface area (Å²) in [4.78, 5) is 11.6. The van der Waals surface area contributed by atoms with Gasteiger partial charge in [-0.15, -0.1) is 0 Å². The van der Waals surface area contributed by atoms with Gasteiger partial charge in [-0.3, -0.25) is 4.79 Å². The van der Waals surface area contributed by atoms with Crippen molar-refractivity contribution in [1.29, 1.82) is 0 Å². The number of carbonyl (C=O) groups is 1. The molecule has 1 aromatic carbocycles. The van der Waals surface area contributed by atoms with E-state index in [0.29, 0.717) is 18.3 Å². The Kier molecular flexibility index (Phi) is 2.54. The summed E-state index contributed by atoms with van der Waals surface area (Å²) >= 11 is 0. The van der Waals surface area contributed by atoms with Crippen LogP contribution in [0.1, 0.15) is 29.9 Å². The van der Waals surface area contributed by atoms with Crippen molar-refractivity contribution in [1.82, 2.24) is 5.32 Å². The zero-order chi connectivity index (χ0) is 11.8. The Labute approximate surface area is 101 Å². The van der Waals surface area contributed by atoms with Crippen molar-refractivity contribution in [2.45, 2.75) is 25.2 Å². The molecule has 1 saturated heterocycles. The van der Waals surface area contributed by atoms with E-state index in [1.165, 1.54) is 11.1 Å². The lowest BCUT2D eigenvalue weighted by Crippen LogP contribution is -2.25. The molecule has 90 valence electrons. The van der Waals surface area contributed by atoms with Gasteiger partial charge in [-0.1, -0.05) is 6.07 Å². The van der Waals surface area contributed by atoms with Gasteiger partial charge in [0.15, 0.2) is 0 Å². The van der Waals surface area contributed by atoms with Gasteiger partial charge in [0.2, 0.25) is 5.91 Å². The highest BCUT2D eigenvalue weighted by Crippen LogP contribution is 2.38. The lowest BCUT2D eigenvalue weighted by Gasteiger charge is -2.28.